The van der Waals surface area contributed by atoms with Crippen LogP contribution in [0.15, 0.2) is 6.20 Å². The molecule has 1 heterocycles. The minimum Gasteiger partial charge on any atom is -0.376 e. The first kappa shape index (κ1) is 24.0. The summed E-state index contributed by atoms with van der Waals surface area (Å²) in [4.78, 5) is 2.24. The van der Waals surface area contributed by atoms with E-state index in [2.05, 4.69) is 82.8 Å². The summed E-state index contributed by atoms with van der Waals surface area (Å²) in [5, 5.41) is 15.1. The second-order valence-corrected chi connectivity index (χ2v) is 8.37. The zero-order valence-electron chi connectivity index (χ0n) is 17.4. The van der Waals surface area contributed by atoms with Gasteiger partial charge in [-0.15, -0.1) is 5.10 Å². The Morgan fingerprint density at radius 3 is 2.40 bits per heavy atom. The second-order valence-electron chi connectivity index (χ2n) is 8.37. The van der Waals surface area contributed by atoms with Crippen molar-refractivity contribution in [2.45, 2.75) is 86.0 Å². The van der Waals surface area contributed by atoms with Crippen LogP contribution in [-0.2, 0) is 17.8 Å². The van der Waals surface area contributed by atoms with Gasteiger partial charge in [0.05, 0.1) is 18.0 Å². The highest BCUT2D eigenvalue weighted by Gasteiger charge is 2.30. The molecule has 0 saturated carbocycles. The van der Waals surface area contributed by atoms with E-state index in [-0.39, 0.29) is 11.0 Å². The van der Waals surface area contributed by atoms with Crippen LogP contribution in [0.4, 0.5) is 0 Å². The van der Waals surface area contributed by atoms with Gasteiger partial charge in [0, 0.05) is 18.8 Å². The quantitative estimate of drug-likeness (QED) is 0.626. The Hall–Kier alpha value is -1.02. The van der Waals surface area contributed by atoms with Crippen LogP contribution in [0, 0.1) is 5.41 Å². The molecule has 0 amide bonds. The Kier molecular flexibility index (Phi) is 10.4. The predicted molar refractivity (Wildman–Crippen MR) is 101 cm³/mol. The standard InChI is InChI=1S/C18H36N4O.H3NO/c1-9-10-23-18(6,7)13-17(4,5)11-16-12-22(20-19-16)14-21(8)15(2)3;1-2/h12,15H,9-11,13-14H2,1-8H3;2H,1H2. The van der Waals surface area contributed by atoms with Gasteiger partial charge in [0.2, 0.25) is 0 Å². The highest BCUT2D eigenvalue weighted by atomic mass is 16.5. The van der Waals surface area contributed by atoms with Crippen LogP contribution in [0.2, 0.25) is 0 Å². The number of hydrogen-bond acceptors (Lipinski definition) is 6. The van der Waals surface area contributed by atoms with E-state index >= 15 is 0 Å². The number of nitrogens with two attached hydrogens (primary N) is 1. The Morgan fingerprint density at radius 1 is 1.28 bits per heavy atom. The fraction of sp³-hybridized carbons (Fsp3) is 0.889. The van der Waals surface area contributed by atoms with Crippen LogP contribution in [-0.4, -0.2) is 50.4 Å². The average Bonchev–Trinajstić information content (AvgIpc) is 2.92. The van der Waals surface area contributed by atoms with E-state index in [0.717, 1.165) is 38.2 Å². The van der Waals surface area contributed by atoms with E-state index in [1.807, 2.05) is 4.68 Å². The van der Waals surface area contributed by atoms with Crippen molar-refractivity contribution in [1.29, 1.82) is 0 Å². The Balaban J connectivity index is 0.00000277. The van der Waals surface area contributed by atoms with E-state index < -0.39 is 0 Å². The zero-order valence-corrected chi connectivity index (χ0v) is 17.4. The maximum absolute atomic E-state index is 6.50. The molecule has 0 aliphatic carbocycles. The molecule has 0 aromatic carbocycles. The SMILES string of the molecule is CCCOC(C)(C)CC(C)(C)Cc1cn(CN(C)C(C)C)nn1.NO. The van der Waals surface area contributed by atoms with E-state index in [9.17, 15) is 0 Å². The molecular formula is C18H39N5O2. The molecule has 0 unspecified atom stereocenters. The maximum Gasteiger partial charge on any atom is 0.0946 e. The van der Waals surface area contributed by atoms with Crippen molar-refractivity contribution in [3.8, 4) is 0 Å². The fourth-order valence-corrected chi connectivity index (χ4v) is 3.02. The minimum atomic E-state index is -0.104. The average molecular weight is 358 g/mol. The number of rotatable bonds is 10. The largest absolute Gasteiger partial charge is 0.376 e. The number of nitrogens with zero attached hydrogens (tertiary/aromatic N) is 4. The van der Waals surface area contributed by atoms with Gasteiger partial charge in [0.25, 0.3) is 0 Å². The van der Waals surface area contributed by atoms with Gasteiger partial charge >= 0.3 is 0 Å². The van der Waals surface area contributed by atoms with Crippen molar-refractivity contribution >= 4 is 0 Å². The van der Waals surface area contributed by atoms with E-state index in [1.54, 1.807) is 0 Å². The van der Waals surface area contributed by atoms with Gasteiger partial charge in [0.15, 0.2) is 0 Å². The van der Waals surface area contributed by atoms with Gasteiger partial charge < -0.3 is 9.94 Å². The molecule has 1 aromatic heterocycles. The van der Waals surface area contributed by atoms with Crippen LogP contribution < -0.4 is 5.90 Å². The van der Waals surface area contributed by atoms with Crippen LogP contribution >= 0.6 is 0 Å². The molecule has 148 valence electrons. The summed E-state index contributed by atoms with van der Waals surface area (Å²) in [5.41, 5.74) is 1.08. The molecule has 7 nitrogen and oxygen atoms in total. The minimum absolute atomic E-state index is 0.104. The first-order valence-electron chi connectivity index (χ1n) is 9.04. The van der Waals surface area contributed by atoms with Gasteiger partial charge in [-0.25, -0.2) is 10.6 Å². The van der Waals surface area contributed by atoms with Gasteiger partial charge in [0.1, 0.15) is 0 Å². The second kappa shape index (κ2) is 10.9. The molecule has 0 saturated heterocycles. The molecule has 1 rings (SSSR count). The van der Waals surface area contributed by atoms with Crippen molar-refractivity contribution in [2.24, 2.45) is 11.3 Å². The molecule has 0 bridgehead atoms. The molecule has 0 fully saturated rings. The van der Waals surface area contributed by atoms with E-state index in [0.29, 0.717) is 6.04 Å². The van der Waals surface area contributed by atoms with Crippen LogP contribution in [0.25, 0.3) is 0 Å². The van der Waals surface area contributed by atoms with E-state index in [1.165, 1.54) is 0 Å². The van der Waals surface area contributed by atoms with Crippen molar-refractivity contribution in [2.75, 3.05) is 13.7 Å². The lowest BCUT2D eigenvalue weighted by Gasteiger charge is -2.34. The summed E-state index contributed by atoms with van der Waals surface area (Å²) in [6, 6.07) is 0.496. The normalized spacial score (nSPS) is 12.5. The third kappa shape index (κ3) is 9.89. The molecule has 0 radical (unpaired) electrons. The first-order chi connectivity index (χ1) is 11.5. The first-order valence-corrected chi connectivity index (χ1v) is 9.04. The monoisotopic (exact) mass is 357 g/mol. The van der Waals surface area contributed by atoms with Crippen molar-refractivity contribution < 1.29 is 9.94 Å². The molecule has 0 aliphatic heterocycles. The third-order valence-corrected chi connectivity index (χ3v) is 4.10. The van der Waals surface area contributed by atoms with Crippen molar-refractivity contribution in [3.05, 3.63) is 11.9 Å². The Bertz CT molecular complexity index is 472. The van der Waals surface area contributed by atoms with Gasteiger partial charge in [-0.1, -0.05) is 26.0 Å². The van der Waals surface area contributed by atoms with Crippen LogP contribution in [0.3, 0.4) is 0 Å². The Morgan fingerprint density at radius 2 is 1.88 bits per heavy atom. The number of ether oxygens (including phenoxy) is 1. The number of hydrogen-bond donors (Lipinski definition) is 2. The van der Waals surface area contributed by atoms with Gasteiger partial charge in [-0.3, -0.25) is 4.90 Å². The topological polar surface area (TPSA) is 89.4 Å². The summed E-state index contributed by atoms with van der Waals surface area (Å²) < 4.78 is 7.91. The highest BCUT2D eigenvalue weighted by Crippen LogP contribution is 2.33. The van der Waals surface area contributed by atoms with Gasteiger partial charge in [-0.2, -0.15) is 0 Å². The predicted octanol–water partition coefficient (Wildman–Crippen LogP) is 3.07. The summed E-state index contributed by atoms with van der Waals surface area (Å²) >= 11 is 0. The molecule has 7 heteroatoms. The summed E-state index contributed by atoms with van der Waals surface area (Å²) in [7, 11) is 2.10. The summed E-state index contributed by atoms with van der Waals surface area (Å²) in [5.74, 6) is 3.50. The molecule has 0 spiro atoms. The highest BCUT2D eigenvalue weighted by molar-refractivity contribution is 4.98. The Labute approximate surface area is 153 Å². The van der Waals surface area contributed by atoms with Crippen LogP contribution in [0.5, 0.6) is 0 Å². The third-order valence-electron chi connectivity index (χ3n) is 4.10. The molecule has 1 aromatic rings. The lowest BCUT2D eigenvalue weighted by Crippen LogP contribution is -2.33. The fourth-order valence-electron chi connectivity index (χ4n) is 3.02. The smallest absolute Gasteiger partial charge is 0.0946 e. The number of aromatic nitrogens is 3. The summed E-state index contributed by atoms with van der Waals surface area (Å²) in [6.45, 7) is 17.0. The lowest BCUT2D eigenvalue weighted by atomic mass is 9.78. The molecule has 0 atom stereocenters. The molecule has 25 heavy (non-hydrogen) atoms. The van der Waals surface area contributed by atoms with Crippen molar-refractivity contribution in [1.82, 2.24) is 19.9 Å². The van der Waals surface area contributed by atoms with Crippen LogP contribution in [0.1, 0.15) is 67.0 Å². The van der Waals surface area contributed by atoms with Gasteiger partial charge in [-0.05, 0) is 59.4 Å². The van der Waals surface area contributed by atoms with Crippen molar-refractivity contribution in [3.63, 3.8) is 0 Å². The lowest BCUT2D eigenvalue weighted by molar-refractivity contribution is -0.0455. The zero-order chi connectivity index (χ0) is 19.7. The molecule has 3 N–H and O–H groups in total. The molecular weight excluding hydrogens is 318 g/mol. The molecule has 0 aliphatic rings. The maximum atomic E-state index is 6.50. The summed E-state index contributed by atoms with van der Waals surface area (Å²) in [6.07, 6.45) is 5.04. The van der Waals surface area contributed by atoms with E-state index in [4.69, 9.17) is 9.94 Å².